The van der Waals surface area contributed by atoms with Crippen LogP contribution in [0.5, 0.6) is 0 Å². The molecule has 1 aromatic rings. The Labute approximate surface area is 175 Å². The third kappa shape index (κ3) is 6.41. The first-order valence-corrected chi connectivity index (χ1v) is 11.2. The van der Waals surface area contributed by atoms with Gasteiger partial charge in [-0.3, -0.25) is 15.0 Å². The van der Waals surface area contributed by atoms with Crippen LogP contribution in [0.15, 0.2) is 24.3 Å². The molecule has 2 fully saturated rings. The van der Waals surface area contributed by atoms with Crippen LogP contribution in [0.25, 0.3) is 0 Å². The Balaban J connectivity index is 0.000000313. The van der Waals surface area contributed by atoms with Crippen molar-refractivity contribution in [3.05, 3.63) is 35.4 Å². The van der Waals surface area contributed by atoms with E-state index in [-0.39, 0.29) is 5.71 Å². The Bertz CT molecular complexity index is 702. The summed E-state index contributed by atoms with van der Waals surface area (Å²) in [7, 11) is 0. The fraction of sp³-hybridized carbons (Fsp3) is 0.625. The Morgan fingerprint density at radius 1 is 1.07 bits per heavy atom. The lowest BCUT2D eigenvalue weighted by atomic mass is 9.81. The molecular weight excluding hydrogens is 362 g/mol. The summed E-state index contributed by atoms with van der Waals surface area (Å²) in [6.45, 7) is 4.16. The van der Waals surface area contributed by atoms with Gasteiger partial charge in [0.05, 0.1) is 0 Å². The molecule has 2 saturated carbocycles. The van der Waals surface area contributed by atoms with Crippen molar-refractivity contribution in [2.75, 3.05) is 0 Å². The molecule has 0 atom stereocenters. The number of amides is 2. The highest BCUT2D eigenvalue weighted by molar-refractivity contribution is 6.44. The summed E-state index contributed by atoms with van der Waals surface area (Å²) in [4.78, 5) is 24.1. The van der Waals surface area contributed by atoms with Crippen LogP contribution in [0, 0.1) is 18.3 Å². The van der Waals surface area contributed by atoms with Crippen molar-refractivity contribution in [3.8, 4) is 0 Å². The van der Waals surface area contributed by atoms with E-state index >= 15 is 0 Å². The van der Waals surface area contributed by atoms with Gasteiger partial charge in [-0.15, -0.1) is 0 Å². The average molecular weight is 400 g/mol. The van der Waals surface area contributed by atoms with Crippen LogP contribution in [0.1, 0.15) is 88.7 Å². The van der Waals surface area contributed by atoms with E-state index in [9.17, 15) is 9.59 Å². The number of rotatable bonds is 5. The number of nitrogens with one attached hydrogen (secondary N) is 2. The number of carbonyl (C=O) groups is 2. The third-order valence-corrected chi connectivity index (χ3v) is 6.48. The van der Waals surface area contributed by atoms with Gasteiger partial charge in [0.2, 0.25) is 5.91 Å². The zero-order chi connectivity index (χ0) is 21.3. The number of benzene rings is 1. The number of nitrogens with two attached hydrogens (primary N) is 1. The third-order valence-electron chi connectivity index (χ3n) is 6.48. The lowest BCUT2D eigenvalue weighted by molar-refractivity contribution is -0.130. The second-order valence-electron chi connectivity index (χ2n) is 8.56. The summed E-state index contributed by atoms with van der Waals surface area (Å²) in [5.41, 5.74) is 5.80. The molecule has 29 heavy (non-hydrogen) atoms. The molecule has 0 bridgehead atoms. The lowest BCUT2D eigenvalue weighted by Crippen LogP contribution is -2.59. The minimum absolute atomic E-state index is 0.126. The second-order valence-corrected chi connectivity index (χ2v) is 8.56. The molecule has 2 amide bonds. The van der Waals surface area contributed by atoms with Crippen molar-refractivity contribution in [1.82, 2.24) is 5.32 Å². The molecule has 0 aliphatic heterocycles. The quantitative estimate of drug-likeness (QED) is 0.629. The van der Waals surface area contributed by atoms with Gasteiger partial charge in [-0.25, -0.2) is 0 Å². The molecule has 4 N–H and O–H groups in total. The minimum atomic E-state index is -0.996. The summed E-state index contributed by atoms with van der Waals surface area (Å²) in [5.74, 6) is 0.0434. The smallest absolute Gasteiger partial charge is 0.270 e. The van der Waals surface area contributed by atoms with E-state index in [0.29, 0.717) is 18.4 Å². The van der Waals surface area contributed by atoms with Gasteiger partial charge in [-0.2, -0.15) is 0 Å². The summed E-state index contributed by atoms with van der Waals surface area (Å²) in [6.07, 6.45) is 12.8. The Morgan fingerprint density at radius 3 is 2.17 bits per heavy atom. The summed E-state index contributed by atoms with van der Waals surface area (Å²) in [6, 6.07) is 7.22. The standard InChI is InChI=1S/C16H21N3O2.C8H16/c1-11-7-3-4-8-12(11)13(17)14(20)19-16(15(18)21)9-5-2-6-10-16;1-2-8-6-4-3-5-7-8/h3-4,7-8,17H,2,5-6,9-10H2,1H3,(H2,18,21)(H,19,20);8H,2-7H2,1H3. The highest BCUT2D eigenvalue weighted by Crippen LogP contribution is 2.28. The molecule has 0 radical (unpaired) electrons. The minimum Gasteiger partial charge on any atom is -0.368 e. The maximum absolute atomic E-state index is 12.3. The Kier molecular flexibility index (Phi) is 8.87. The van der Waals surface area contributed by atoms with E-state index in [2.05, 4.69) is 12.2 Å². The van der Waals surface area contributed by atoms with Crippen LogP contribution >= 0.6 is 0 Å². The summed E-state index contributed by atoms with van der Waals surface area (Å²) in [5, 5.41) is 10.8. The van der Waals surface area contributed by atoms with E-state index in [1.165, 1.54) is 38.5 Å². The van der Waals surface area contributed by atoms with E-state index in [1.807, 2.05) is 19.1 Å². The Hall–Kier alpha value is -2.17. The van der Waals surface area contributed by atoms with Crippen LogP contribution in [-0.4, -0.2) is 23.1 Å². The zero-order valence-electron chi connectivity index (χ0n) is 18.1. The lowest BCUT2D eigenvalue weighted by Gasteiger charge is -2.35. The van der Waals surface area contributed by atoms with Gasteiger partial charge in [0.25, 0.3) is 5.91 Å². The molecule has 0 unspecified atom stereocenters. The largest absolute Gasteiger partial charge is 0.368 e. The normalized spacial score (nSPS) is 18.8. The molecule has 160 valence electrons. The molecule has 2 aliphatic rings. The van der Waals surface area contributed by atoms with Crippen molar-refractivity contribution in [3.63, 3.8) is 0 Å². The summed E-state index contributed by atoms with van der Waals surface area (Å²) >= 11 is 0. The van der Waals surface area contributed by atoms with Crippen molar-refractivity contribution in [2.45, 2.75) is 90.0 Å². The highest BCUT2D eigenvalue weighted by Gasteiger charge is 2.39. The molecule has 5 heteroatoms. The van der Waals surface area contributed by atoms with Crippen LogP contribution in [-0.2, 0) is 9.59 Å². The SMILES string of the molecule is CCC1CCCCC1.Cc1ccccc1C(=N)C(=O)NC1(C(N)=O)CCCCC1. The number of hydrogen-bond donors (Lipinski definition) is 3. The van der Waals surface area contributed by atoms with Gasteiger partial charge < -0.3 is 11.1 Å². The molecule has 0 aromatic heterocycles. The number of primary amides is 1. The molecular formula is C24H37N3O2. The molecule has 0 heterocycles. The number of hydrogen-bond acceptors (Lipinski definition) is 3. The first-order valence-electron chi connectivity index (χ1n) is 11.2. The molecule has 1 aromatic carbocycles. The van der Waals surface area contributed by atoms with Crippen LogP contribution < -0.4 is 11.1 Å². The predicted molar refractivity (Wildman–Crippen MR) is 118 cm³/mol. The van der Waals surface area contributed by atoms with E-state index in [4.69, 9.17) is 11.1 Å². The topological polar surface area (TPSA) is 96.0 Å². The second kappa shape index (κ2) is 11.1. The van der Waals surface area contributed by atoms with E-state index < -0.39 is 17.4 Å². The van der Waals surface area contributed by atoms with Crippen LogP contribution in [0.4, 0.5) is 0 Å². The molecule has 3 rings (SSSR count). The van der Waals surface area contributed by atoms with Crippen molar-refractivity contribution < 1.29 is 9.59 Å². The first-order chi connectivity index (χ1) is 13.9. The van der Waals surface area contributed by atoms with E-state index in [0.717, 1.165) is 30.7 Å². The fourth-order valence-electron chi connectivity index (χ4n) is 4.44. The molecule has 0 saturated heterocycles. The maximum atomic E-state index is 12.3. The van der Waals surface area contributed by atoms with Crippen molar-refractivity contribution in [1.29, 1.82) is 5.41 Å². The number of carbonyl (C=O) groups excluding carboxylic acids is 2. The monoisotopic (exact) mass is 399 g/mol. The van der Waals surface area contributed by atoms with Gasteiger partial charge in [0.1, 0.15) is 11.3 Å². The predicted octanol–water partition coefficient (Wildman–Crippen LogP) is 4.64. The zero-order valence-corrected chi connectivity index (χ0v) is 18.1. The van der Waals surface area contributed by atoms with E-state index in [1.54, 1.807) is 12.1 Å². The fourth-order valence-corrected chi connectivity index (χ4v) is 4.44. The molecule has 5 nitrogen and oxygen atoms in total. The average Bonchev–Trinajstić information content (AvgIpc) is 2.75. The Morgan fingerprint density at radius 2 is 1.66 bits per heavy atom. The van der Waals surface area contributed by atoms with Crippen LogP contribution in [0.3, 0.4) is 0 Å². The van der Waals surface area contributed by atoms with Gasteiger partial charge >= 0.3 is 0 Å². The van der Waals surface area contributed by atoms with Crippen molar-refractivity contribution >= 4 is 17.5 Å². The first kappa shape index (κ1) is 23.1. The maximum Gasteiger partial charge on any atom is 0.270 e. The van der Waals surface area contributed by atoms with Gasteiger partial charge in [0.15, 0.2) is 0 Å². The van der Waals surface area contributed by atoms with Gasteiger partial charge in [0, 0.05) is 5.56 Å². The van der Waals surface area contributed by atoms with Crippen molar-refractivity contribution in [2.24, 2.45) is 11.7 Å². The van der Waals surface area contributed by atoms with Crippen LogP contribution in [0.2, 0.25) is 0 Å². The summed E-state index contributed by atoms with van der Waals surface area (Å²) < 4.78 is 0. The molecule has 0 spiro atoms. The highest BCUT2D eigenvalue weighted by atomic mass is 16.2. The van der Waals surface area contributed by atoms with Gasteiger partial charge in [-0.05, 0) is 31.2 Å². The number of aryl methyl sites for hydroxylation is 1. The molecule has 2 aliphatic carbocycles. The van der Waals surface area contributed by atoms with Gasteiger partial charge in [-0.1, -0.05) is 89.0 Å².